The number of hydrogen-bond acceptors (Lipinski definition) is 5. The van der Waals surface area contributed by atoms with Crippen molar-refractivity contribution in [1.29, 1.82) is 0 Å². The van der Waals surface area contributed by atoms with E-state index in [0.29, 0.717) is 30.8 Å². The summed E-state index contributed by atoms with van der Waals surface area (Å²) in [5, 5.41) is 0. The van der Waals surface area contributed by atoms with Crippen LogP contribution in [-0.4, -0.2) is 81.0 Å². The Bertz CT molecular complexity index is 721. The normalized spacial score (nSPS) is 21.1. The summed E-state index contributed by atoms with van der Waals surface area (Å²) in [7, 11) is -1.41. The van der Waals surface area contributed by atoms with Gasteiger partial charge in [-0.3, -0.25) is 4.79 Å². The third kappa shape index (κ3) is 4.24. The second kappa shape index (κ2) is 8.29. The zero-order chi connectivity index (χ0) is 18.7. The van der Waals surface area contributed by atoms with E-state index >= 15 is 0 Å². The molecule has 8 heteroatoms. The van der Waals surface area contributed by atoms with Gasteiger partial charge < -0.3 is 9.80 Å². The fourth-order valence-corrected chi connectivity index (χ4v) is 5.40. The molecule has 0 saturated carbocycles. The van der Waals surface area contributed by atoms with Crippen molar-refractivity contribution >= 4 is 27.7 Å². The van der Waals surface area contributed by atoms with Crippen molar-refractivity contribution in [3.8, 4) is 0 Å². The average molecular weight is 398 g/mol. The summed E-state index contributed by atoms with van der Waals surface area (Å²) >= 11 is 1.59. The van der Waals surface area contributed by atoms with E-state index in [2.05, 4.69) is 11.9 Å². The summed E-state index contributed by atoms with van der Waals surface area (Å²) in [6.45, 7) is 4.19. The number of amides is 1. The topological polar surface area (TPSA) is 60.9 Å². The van der Waals surface area contributed by atoms with Gasteiger partial charge in [-0.15, -0.1) is 11.8 Å². The minimum Gasteiger partial charge on any atom is -0.340 e. The summed E-state index contributed by atoms with van der Waals surface area (Å²) in [6, 6.07) is 7.01. The van der Waals surface area contributed by atoms with E-state index in [1.165, 1.54) is 4.31 Å². The van der Waals surface area contributed by atoms with Crippen LogP contribution in [0.5, 0.6) is 0 Å². The van der Waals surface area contributed by atoms with E-state index in [1.807, 2.05) is 23.3 Å². The molecule has 0 bridgehead atoms. The van der Waals surface area contributed by atoms with Crippen molar-refractivity contribution in [2.45, 2.75) is 22.6 Å². The van der Waals surface area contributed by atoms with Gasteiger partial charge in [0.25, 0.3) is 0 Å². The van der Waals surface area contributed by atoms with Gasteiger partial charge in [-0.05, 0) is 50.4 Å². The zero-order valence-corrected chi connectivity index (χ0v) is 17.1. The zero-order valence-electron chi connectivity index (χ0n) is 15.4. The highest BCUT2D eigenvalue weighted by atomic mass is 32.2. The summed E-state index contributed by atoms with van der Waals surface area (Å²) in [6.07, 6.45) is 3.17. The Morgan fingerprint density at radius 1 is 1.00 bits per heavy atom. The molecule has 2 fully saturated rings. The smallest absolute Gasteiger partial charge is 0.243 e. The molecule has 144 valence electrons. The summed E-state index contributed by atoms with van der Waals surface area (Å²) in [5.41, 5.74) is 0. The molecule has 0 aliphatic carbocycles. The van der Waals surface area contributed by atoms with E-state index in [1.54, 1.807) is 23.9 Å². The van der Waals surface area contributed by atoms with E-state index < -0.39 is 10.0 Å². The highest BCUT2D eigenvalue weighted by Crippen LogP contribution is 2.26. The Labute approximate surface area is 160 Å². The number of likely N-dealkylation sites (N-methyl/N-ethyl adjacent to an activating group) is 1. The van der Waals surface area contributed by atoms with Gasteiger partial charge in [-0.2, -0.15) is 4.31 Å². The lowest BCUT2D eigenvalue weighted by Crippen LogP contribution is -2.50. The number of carbonyl (C=O) groups is 1. The SMILES string of the molecule is CSc1ccc(S(=O)(=O)N2CCC(C(=O)N3CCN(C)CC3)CC2)cc1. The largest absolute Gasteiger partial charge is 0.340 e. The molecule has 1 amide bonds. The predicted octanol–water partition coefficient (Wildman–Crippen LogP) is 1.58. The highest BCUT2D eigenvalue weighted by molar-refractivity contribution is 7.98. The maximum atomic E-state index is 12.8. The molecule has 0 atom stereocenters. The number of benzene rings is 1. The Balaban J connectivity index is 1.59. The molecule has 2 saturated heterocycles. The molecule has 2 aliphatic rings. The molecular weight excluding hydrogens is 370 g/mol. The van der Waals surface area contributed by atoms with Crippen LogP contribution in [0.3, 0.4) is 0 Å². The van der Waals surface area contributed by atoms with Crippen LogP contribution in [0.2, 0.25) is 0 Å². The first kappa shape index (κ1) is 19.7. The molecule has 2 aliphatic heterocycles. The average Bonchev–Trinajstić information content (AvgIpc) is 2.68. The summed E-state index contributed by atoms with van der Waals surface area (Å²) < 4.78 is 27.2. The number of sulfonamides is 1. The Hall–Kier alpha value is -1.09. The molecule has 0 aromatic heterocycles. The van der Waals surface area contributed by atoms with Crippen molar-refractivity contribution in [1.82, 2.24) is 14.1 Å². The van der Waals surface area contributed by atoms with E-state index in [0.717, 1.165) is 31.1 Å². The van der Waals surface area contributed by atoms with Gasteiger partial charge in [0.05, 0.1) is 4.90 Å². The monoisotopic (exact) mass is 397 g/mol. The van der Waals surface area contributed by atoms with Crippen LogP contribution in [0.15, 0.2) is 34.1 Å². The molecule has 0 N–H and O–H groups in total. The van der Waals surface area contributed by atoms with E-state index in [9.17, 15) is 13.2 Å². The second-order valence-electron chi connectivity index (χ2n) is 6.98. The van der Waals surface area contributed by atoms with Crippen molar-refractivity contribution in [2.24, 2.45) is 5.92 Å². The standard InChI is InChI=1S/C18H27N3O3S2/c1-19-11-13-20(14-12-19)18(22)15-7-9-21(10-8-15)26(23,24)17-5-3-16(25-2)4-6-17/h3-6,15H,7-14H2,1-2H3. The molecule has 0 unspecified atom stereocenters. The quantitative estimate of drug-likeness (QED) is 0.722. The van der Waals surface area contributed by atoms with Gasteiger partial charge in [0.15, 0.2) is 0 Å². The van der Waals surface area contributed by atoms with E-state index in [-0.39, 0.29) is 11.8 Å². The number of nitrogens with zero attached hydrogens (tertiary/aromatic N) is 3. The van der Waals surface area contributed by atoms with Crippen molar-refractivity contribution in [3.05, 3.63) is 24.3 Å². The maximum absolute atomic E-state index is 12.8. The third-order valence-corrected chi connectivity index (χ3v) is 7.97. The number of rotatable bonds is 4. The maximum Gasteiger partial charge on any atom is 0.243 e. The Morgan fingerprint density at radius 2 is 1.58 bits per heavy atom. The Morgan fingerprint density at radius 3 is 2.12 bits per heavy atom. The fourth-order valence-electron chi connectivity index (χ4n) is 3.52. The molecular formula is C18H27N3O3S2. The van der Waals surface area contributed by atoms with Crippen LogP contribution in [-0.2, 0) is 14.8 Å². The van der Waals surface area contributed by atoms with Gasteiger partial charge in [0.1, 0.15) is 0 Å². The van der Waals surface area contributed by atoms with Crippen LogP contribution in [0, 0.1) is 5.92 Å². The number of piperazine rings is 1. The molecule has 1 aromatic rings. The second-order valence-corrected chi connectivity index (χ2v) is 9.80. The third-order valence-electron chi connectivity index (χ3n) is 5.32. The lowest BCUT2D eigenvalue weighted by atomic mass is 9.96. The Kier molecular flexibility index (Phi) is 6.27. The minimum atomic E-state index is -3.48. The highest BCUT2D eigenvalue weighted by Gasteiger charge is 2.34. The number of thioether (sulfide) groups is 1. The number of hydrogen-bond donors (Lipinski definition) is 0. The van der Waals surface area contributed by atoms with Gasteiger partial charge in [-0.1, -0.05) is 0 Å². The van der Waals surface area contributed by atoms with Crippen LogP contribution >= 0.6 is 11.8 Å². The lowest BCUT2D eigenvalue weighted by molar-refractivity contribution is -0.138. The first-order valence-electron chi connectivity index (χ1n) is 9.03. The van der Waals surface area contributed by atoms with Gasteiger partial charge >= 0.3 is 0 Å². The van der Waals surface area contributed by atoms with E-state index in [4.69, 9.17) is 0 Å². The van der Waals surface area contributed by atoms with Crippen LogP contribution in [0.25, 0.3) is 0 Å². The number of piperidine rings is 1. The predicted molar refractivity (Wildman–Crippen MR) is 104 cm³/mol. The first-order valence-corrected chi connectivity index (χ1v) is 11.7. The lowest BCUT2D eigenvalue weighted by Gasteiger charge is -2.37. The molecule has 0 radical (unpaired) electrons. The van der Waals surface area contributed by atoms with Gasteiger partial charge in [-0.25, -0.2) is 8.42 Å². The minimum absolute atomic E-state index is 0.0521. The first-order chi connectivity index (χ1) is 12.4. The molecule has 3 rings (SSSR count). The van der Waals surface area contributed by atoms with Gasteiger partial charge in [0.2, 0.25) is 15.9 Å². The van der Waals surface area contributed by atoms with Gasteiger partial charge in [0, 0.05) is 50.1 Å². The summed E-state index contributed by atoms with van der Waals surface area (Å²) in [5.74, 6) is 0.142. The molecule has 6 nitrogen and oxygen atoms in total. The fraction of sp³-hybridized carbons (Fsp3) is 0.611. The van der Waals surface area contributed by atoms with Crippen molar-refractivity contribution in [2.75, 3.05) is 52.6 Å². The van der Waals surface area contributed by atoms with Crippen molar-refractivity contribution < 1.29 is 13.2 Å². The van der Waals surface area contributed by atoms with Crippen LogP contribution in [0.1, 0.15) is 12.8 Å². The number of carbonyl (C=O) groups excluding carboxylic acids is 1. The van der Waals surface area contributed by atoms with Crippen LogP contribution in [0.4, 0.5) is 0 Å². The molecule has 26 heavy (non-hydrogen) atoms. The molecule has 1 aromatic carbocycles. The van der Waals surface area contributed by atoms with Crippen molar-refractivity contribution in [3.63, 3.8) is 0 Å². The summed E-state index contributed by atoms with van der Waals surface area (Å²) in [4.78, 5) is 18.2. The van der Waals surface area contributed by atoms with Crippen LogP contribution < -0.4 is 0 Å². The molecule has 0 spiro atoms. The molecule has 2 heterocycles.